The summed E-state index contributed by atoms with van der Waals surface area (Å²) in [6, 6.07) is 12.8. The molecule has 0 fully saturated rings. The number of halogens is 1. The minimum atomic E-state index is -0.276. The first-order valence-corrected chi connectivity index (χ1v) is 8.06. The van der Waals surface area contributed by atoms with Gasteiger partial charge in [0.15, 0.2) is 5.76 Å². The van der Waals surface area contributed by atoms with Crippen LogP contribution in [0.1, 0.15) is 29.7 Å². The molecule has 0 spiro atoms. The summed E-state index contributed by atoms with van der Waals surface area (Å²) in [5.41, 5.74) is 0. The second kappa shape index (κ2) is 8.39. The zero-order valence-electron chi connectivity index (χ0n) is 12.8. The Labute approximate surface area is 143 Å². The van der Waals surface area contributed by atoms with Gasteiger partial charge in [0.2, 0.25) is 0 Å². The van der Waals surface area contributed by atoms with Gasteiger partial charge in [-0.25, -0.2) is 0 Å². The number of amides is 1. The lowest BCUT2D eigenvalue weighted by molar-refractivity contribution is 0.0740. The zero-order chi connectivity index (χ0) is 16.7. The number of hydrogen-bond donors (Lipinski definition) is 0. The molecule has 2 rings (SSSR count). The minimum absolute atomic E-state index is 0.0528. The summed E-state index contributed by atoms with van der Waals surface area (Å²) in [4.78, 5) is 13.8. The van der Waals surface area contributed by atoms with Crippen molar-refractivity contribution in [3.05, 3.63) is 52.4 Å². The zero-order valence-corrected chi connectivity index (χ0v) is 14.4. The molecule has 1 aromatic carbocycles. The monoisotopic (exact) mass is 376 g/mol. The molecule has 0 saturated heterocycles. The summed E-state index contributed by atoms with van der Waals surface area (Å²) >= 11 is 3.38. The third-order valence-corrected chi connectivity index (χ3v) is 3.59. The van der Waals surface area contributed by atoms with Gasteiger partial charge in [0.1, 0.15) is 24.7 Å². The van der Waals surface area contributed by atoms with E-state index in [9.17, 15) is 4.79 Å². The maximum atomic E-state index is 12.3. The maximum absolute atomic E-state index is 12.3. The first-order valence-electron chi connectivity index (χ1n) is 7.27. The molecule has 0 bridgehead atoms. The minimum Gasteiger partial charge on any atom is -0.486 e. The van der Waals surface area contributed by atoms with E-state index in [0.29, 0.717) is 18.1 Å². The number of hydrogen-bond acceptors (Lipinski definition) is 4. The summed E-state index contributed by atoms with van der Waals surface area (Å²) in [5.74, 6) is 1.21. The Morgan fingerprint density at radius 1 is 1.39 bits per heavy atom. The third-order valence-electron chi connectivity index (χ3n) is 3.09. The molecule has 0 aliphatic rings. The largest absolute Gasteiger partial charge is 0.486 e. The van der Waals surface area contributed by atoms with Crippen LogP contribution in [-0.2, 0) is 6.61 Å². The van der Waals surface area contributed by atoms with Crippen LogP contribution in [0.3, 0.4) is 0 Å². The van der Waals surface area contributed by atoms with Gasteiger partial charge in [-0.3, -0.25) is 4.79 Å². The van der Waals surface area contributed by atoms with E-state index >= 15 is 0 Å². The molecule has 0 saturated carbocycles. The van der Waals surface area contributed by atoms with Crippen molar-refractivity contribution in [2.24, 2.45) is 0 Å². The lowest BCUT2D eigenvalue weighted by Crippen LogP contribution is -2.31. The Balaban J connectivity index is 1.99. The molecule has 0 atom stereocenters. The van der Waals surface area contributed by atoms with Crippen molar-refractivity contribution in [2.45, 2.75) is 20.0 Å². The van der Waals surface area contributed by atoms with Crippen LogP contribution in [0.2, 0.25) is 0 Å². The summed E-state index contributed by atoms with van der Waals surface area (Å²) in [6.45, 7) is 2.76. The number of ether oxygens (including phenoxy) is 1. The number of furan rings is 1. The molecule has 1 aromatic heterocycles. The van der Waals surface area contributed by atoms with Crippen LogP contribution in [0.5, 0.6) is 5.75 Å². The van der Waals surface area contributed by atoms with E-state index in [-0.39, 0.29) is 24.8 Å². The molecule has 1 amide bonds. The Morgan fingerprint density at radius 3 is 2.91 bits per heavy atom. The van der Waals surface area contributed by atoms with Crippen LogP contribution in [0, 0.1) is 11.3 Å². The topological polar surface area (TPSA) is 66.5 Å². The number of nitrogens with zero attached hydrogens (tertiary/aromatic N) is 2. The highest BCUT2D eigenvalue weighted by atomic mass is 79.9. The smallest absolute Gasteiger partial charge is 0.290 e. The van der Waals surface area contributed by atoms with Gasteiger partial charge in [0.05, 0.1) is 6.07 Å². The average molecular weight is 377 g/mol. The fraction of sp³-hybridized carbons (Fsp3) is 0.294. The van der Waals surface area contributed by atoms with Gasteiger partial charge in [0, 0.05) is 11.0 Å². The van der Waals surface area contributed by atoms with Gasteiger partial charge >= 0.3 is 0 Å². The summed E-state index contributed by atoms with van der Waals surface area (Å²) in [7, 11) is 0. The lowest BCUT2D eigenvalue weighted by Gasteiger charge is -2.16. The van der Waals surface area contributed by atoms with E-state index in [1.807, 2.05) is 37.3 Å². The Hall–Kier alpha value is -2.26. The molecule has 23 heavy (non-hydrogen) atoms. The van der Waals surface area contributed by atoms with E-state index in [1.54, 1.807) is 12.1 Å². The highest BCUT2D eigenvalue weighted by Gasteiger charge is 2.18. The molecule has 2 aromatic rings. The van der Waals surface area contributed by atoms with Crippen molar-refractivity contribution in [3.8, 4) is 11.8 Å². The number of carbonyl (C=O) groups is 1. The van der Waals surface area contributed by atoms with Crippen molar-refractivity contribution in [1.82, 2.24) is 4.90 Å². The fourth-order valence-corrected chi connectivity index (χ4v) is 2.42. The van der Waals surface area contributed by atoms with Crippen molar-refractivity contribution in [3.63, 3.8) is 0 Å². The highest BCUT2D eigenvalue weighted by Crippen LogP contribution is 2.19. The van der Waals surface area contributed by atoms with Gasteiger partial charge in [-0.2, -0.15) is 5.26 Å². The molecule has 120 valence electrons. The van der Waals surface area contributed by atoms with Crippen molar-refractivity contribution < 1.29 is 13.9 Å². The molecular weight excluding hydrogens is 360 g/mol. The van der Waals surface area contributed by atoms with E-state index in [2.05, 4.69) is 15.9 Å². The molecule has 0 aliphatic heterocycles. The summed E-state index contributed by atoms with van der Waals surface area (Å²) in [5, 5.41) is 8.80. The van der Waals surface area contributed by atoms with Gasteiger partial charge < -0.3 is 14.1 Å². The van der Waals surface area contributed by atoms with E-state index in [0.717, 1.165) is 10.9 Å². The maximum Gasteiger partial charge on any atom is 0.290 e. The van der Waals surface area contributed by atoms with Crippen LogP contribution in [0.4, 0.5) is 0 Å². The molecular formula is C17H17BrN2O3. The molecule has 1 heterocycles. The summed E-state index contributed by atoms with van der Waals surface area (Å²) < 4.78 is 12.1. The van der Waals surface area contributed by atoms with E-state index < -0.39 is 0 Å². The SMILES string of the molecule is CCCN(CC#N)C(=O)c1ccc(COc2cccc(Br)c2)o1. The standard InChI is InChI=1S/C17H17BrN2O3/c1-2-9-20(10-8-19)17(21)16-7-6-15(23-16)12-22-14-5-3-4-13(18)11-14/h3-7,11H,2,9-10,12H2,1H3. The highest BCUT2D eigenvalue weighted by molar-refractivity contribution is 9.10. The number of rotatable bonds is 7. The van der Waals surface area contributed by atoms with Crippen LogP contribution in [0.25, 0.3) is 0 Å². The quantitative estimate of drug-likeness (QED) is 0.685. The van der Waals surface area contributed by atoms with Crippen molar-refractivity contribution >= 4 is 21.8 Å². The second-order valence-corrected chi connectivity index (χ2v) is 5.81. The molecule has 0 aliphatic carbocycles. The van der Waals surface area contributed by atoms with Crippen molar-refractivity contribution in [2.75, 3.05) is 13.1 Å². The number of benzene rings is 1. The third kappa shape index (κ3) is 4.86. The average Bonchev–Trinajstić information content (AvgIpc) is 3.01. The van der Waals surface area contributed by atoms with Crippen LogP contribution < -0.4 is 4.74 Å². The Kier molecular flexibility index (Phi) is 6.24. The van der Waals surface area contributed by atoms with Crippen LogP contribution in [0.15, 0.2) is 45.3 Å². The van der Waals surface area contributed by atoms with Gasteiger partial charge in [-0.1, -0.05) is 28.9 Å². The lowest BCUT2D eigenvalue weighted by atomic mass is 10.3. The molecule has 0 radical (unpaired) electrons. The normalized spacial score (nSPS) is 10.1. The van der Waals surface area contributed by atoms with E-state index in [4.69, 9.17) is 14.4 Å². The fourth-order valence-electron chi connectivity index (χ4n) is 2.05. The first kappa shape index (κ1) is 17.1. The molecule has 6 heteroatoms. The molecule has 5 nitrogen and oxygen atoms in total. The predicted molar refractivity (Wildman–Crippen MR) is 89.0 cm³/mol. The summed E-state index contributed by atoms with van der Waals surface area (Å²) in [6.07, 6.45) is 0.785. The first-order chi connectivity index (χ1) is 11.1. The number of nitriles is 1. The van der Waals surface area contributed by atoms with Crippen LogP contribution in [-0.4, -0.2) is 23.9 Å². The molecule has 0 N–H and O–H groups in total. The van der Waals surface area contributed by atoms with Gasteiger partial charge in [-0.05, 0) is 36.8 Å². The van der Waals surface area contributed by atoms with Gasteiger partial charge in [0.25, 0.3) is 5.91 Å². The van der Waals surface area contributed by atoms with Crippen LogP contribution >= 0.6 is 15.9 Å². The Morgan fingerprint density at radius 2 is 2.22 bits per heavy atom. The number of carbonyl (C=O) groups excluding carboxylic acids is 1. The van der Waals surface area contributed by atoms with E-state index in [1.165, 1.54) is 4.90 Å². The predicted octanol–water partition coefficient (Wildman–Crippen LogP) is 4.00. The molecule has 0 unspecified atom stereocenters. The second-order valence-electron chi connectivity index (χ2n) is 4.90. The Bertz CT molecular complexity index is 706. The van der Waals surface area contributed by atoms with Gasteiger partial charge in [-0.15, -0.1) is 0 Å². The van der Waals surface area contributed by atoms with Crippen molar-refractivity contribution in [1.29, 1.82) is 5.26 Å².